The molecule has 1 spiro atoms. The van der Waals surface area contributed by atoms with Crippen LogP contribution in [0.2, 0.25) is 0 Å². The minimum absolute atomic E-state index is 0.591. The van der Waals surface area contributed by atoms with Crippen LogP contribution >= 0.6 is 0 Å². The third kappa shape index (κ3) is 6.22. The lowest BCUT2D eigenvalue weighted by atomic mass is 9.70. The fourth-order valence-corrected chi connectivity index (χ4v) is 12.5. The molecule has 0 atom stereocenters. The summed E-state index contributed by atoms with van der Waals surface area (Å²) in [5.74, 6) is 0. The molecule has 0 fully saturated rings. The van der Waals surface area contributed by atoms with Gasteiger partial charge in [0, 0.05) is 50.7 Å². The highest BCUT2D eigenvalue weighted by Crippen LogP contribution is 2.64. The van der Waals surface area contributed by atoms with E-state index in [1.54, 1.807) is 0 Å². The minimum atomic E-state index is -0.591. The number of anilines is 3. The van der Waals surface area contributed by atoms with Gasteiger partial charge in [-0.05, 0) is 145 Å². The molecule has 340 valence electrons. The van der Waals surface area contributed by atoms with E-state index in [4.69, 9.17) is 4.98 Å². The van der Waals surface area contributed by atoms with Gasteiger partial charge in [0.1, 0.15) is 0 Å². The molecule has 73 heavy (non-hydrogen) atoms. The van der Waals surface area contributed by atoms with Gasteiger partial charge in [-0.15, -0.1) is 0 Å². The Balaban J connectivity index is 0.964. The third-order valence-electron chi connectivity index (χ3n) is 15.6. The maximum Gasteiger partial charge on any atom is 0.0780 e. The Hall–Kier alpha value is -9.57. The van der Waals surface area contributed by atoms with E-state index in [0.29, 0.717) is 0 Å². The zero-order valence-electron chi connectivity index (χ0n) is 39.8. The van der Waals surface area contributed by atoms with Crippen LogP contribution in [-0.4, -0.2) is 9.55 Å². The molecule has 0 saturated carbocycles. The number of aromatic nitrogens is 2. The normalized spacial score (nSPS) is 12.8. The summed E-state index contributed by atoms with van der Waals surface area (Å²) >= 11 is 0. The number of para-hydroxylation sites is 2. The molecule has 11 aromatic carbocycles. The Morgan fingerprint density at radius 1 is 0.315 bits per heavy atom. The number of fused-ring (bicyclic) bond motifs is 14. The molecule has 13 aromatic rings. The first-order valence-electron chi connectivity index (χ1n) is 25.2. The molecular weight excluding hydrogens is 883 g/mol. The molecule has 0 unspecified atom stereocenters. The van der Waals surface area contributed by atoms with Crippen molar-refractivity contribution in [3.63, 3.8) is 0 Å². The van der Waals surface area contributed by atoms with Crippen molar-refractivity contribution in [1.29, 1.82) is 0 Å². The van der Waals surface area contributed by atoms with E-state index in [1.807, 2.05) is 12.3 Å². The Bertz CT molecular complexity index is 4250. The molecule has 0 saturated heterocycles. The van der Waals surface area contributed by atoms with E-state index in [-0.39, 0.29) is 0 Å². The number of hydrogen-bond donors (Lipinski definition) is 0. The molecule has 0 amide bonds. The van der Waals surface area contributed by atoms with E-state index < -0.39 is 5.41 Å². The van der Waals surface area contributed by atoms with Crippen molar-refractivity contribution in [2.75, 3.05) is 4.90 Å². The van der Waals surface area contributed by atoms with Gasteiger partial charge in [-0.1, -0.05) is 194 Å². The summed E-state index contributed by atoms with van der Waals surface area (Å²) in [5.41, 5.74) is 24.5. The Kier molecular flexibility index (Phi) is 9.18. The second-order valence-corrected chi connectivity index (χ2v) is 19.4. The maximum atomic E-state index is 4.87. The first-order chi connectivity index (χ1) is 36.2. The van der Waals surface area contributed by atoms with Gasteiger partial charge in [0.25, 0.3) is 0 Å². The van der Waals surface area contributed by atoms with Gasteiger partial charge in [0.05, 0.1) is 22.0 Å². The second kappa shape index (κ2) is 16.2. The van der Waals surface area contributed by atoms with Crippen molar-refractivity contribution < 1.29 is 0 Å². The monoisotopic (exact) mass is 927 g/mol. The molecule has 15 rings (SSSR count). The molecule has 0 bridgehead atoms. The van der Waals surface area contributed by atoms with Crippen molar-refractivity contribution in [3.05, 3.63) is 295 Å². The predicted octanol–water partition coefficient (Wildman–Crippen LogP) is 18.1. The fraction of sp³-hybridized carbons (Fsp3) is 0.0143. The number of rotatable bonds is 7. The number of hydrogen-bond acceptors (Lipinski definition) is 2. The molecule has 0 radical (unpaired) electrons. The average Bonchev–Trinajstić information content (AvgIpc) is 4.07. The number of nitrogens with zero attached hydrogens (tertiary/aromatic N) is 3. The summed E-state index contributed by atoms with van der Waals surface area (Å²) in [6.45, 7) is 0. The summed E-state index contributed by atoms with van der Waals surface area (Å²) in [7, 11) is 0. The van der Waals surface area contributed by atoms with Gasteiger partial charge >= 0.3 is 0 Å². The Morgan fingerprint density at radius 3 is 1.60 bits per heavy atom. The van der Waals surface area contributed by atoms with Crippen LogP contribution in [0.4, 0.5) is 17.1 Å². The van der Waals surface area contributed by atoms with Crippen molar-refractivity contribution in [2.24, 2.45) is 0 Å². The Labute approximate surface area is 424 Å². The van der Waals surface area contributed by atoms with Crippen molar-refractivity contribution in [1.82, 2.24) is 9.55 Å². The molecule has 0 aliphatic heterocycles. The lowest BCUT2D eigenvalue weighted by molar-refractivity contribution is 0.792. The van der Waals surface area contributed by atoms with Crippen molar-refractivity contribution >= 4 is 49.8 Å². The number of pyridine rings is 1. The van der Waals surface area contributed by atoms with Crippen LogP contribution in [0.3, 0.4) is 0 Å². The van der Waals surface area contributed by atoms with Gasteiger partial charge in [0.2, 0.25) is 0 Å². The van der Waals surface area contributed by atoms with E-state index in [2.05, 4.69) is 270 Å². The standard InChI is InChI=1S/C70H45N3/c1-4-16-46(17-5-1)48-29-33-53(34-30-48)72(52-22-8-3-9-23-52)54-35-38-59-60-39-36-55(45-66(60)70(65(59)44-54)63-27-12-10-24-57(63)58-25-11-13-28-64(58)70)73-67-40-32-51(56-26-14-20-49-21-15-41-71-69(49)56)42-62(67)61-37-31-50(43-68(61)73)47-18-6-2-7-19-47/h1-45H. The summed E-state index contributed by atoms with van der Waals surface area (Å²) in [5, 5.41) is 3.55. The Morgan fingerprint density at radius 2 is 0.863 bits per heavy atom. The first-order valence-corrected chi connectivity index (χ1v) is 25.2. The van der Waals surface area contributed by atoms with Crippen LogP contribution in [0.1, 0.15) is 22.3 Å². The highest BCUT2D eigenvalue weighted by atomic mass is 15.1. The fourth-order valence-electron chi connectivity index (χ4n) is 12.5. The molecule has 3 nitrogen and oxygen atoms in total. The average molecular weight is 928 g/mol. The van der Waals surface area contributed by atoms with Crippen molar-refractivity contribution in [3.8, 4) is 61.3 Å². The van der Waals surface area contributed by atoms with Gasteiger partial charge in [-0.25, -0.2) is 0 Å². The van der Waals surface area contributed by atoms with Crippen LogP contribution < -0.4 is 4.90 Å². The zero-order chi connectivity index (χ0) is 48.0. The van der Waals surface area contributed by atoms with Gasteiger partial charge in [0.15, 0.2) is 0 Å². The lowest BCUT2D eigenvalue weighted by Gasteiger charge is -2.32. The van der Waals surface area contributed by atoms with Crippen LogP contribution in [0.5, 0.6) is 0 Å². The molecule has 2 aliphatic rings. The zero-order valence-corrected chi connectivity index (χ0v) is 39.8. The summed E-state index contributed by atoms with van der Waals surface area (Å²) in [6, 6.07) is 98.5. The van der Waals surface area contributed by atoms with Crippen LogP contribution in [0.15, 0.2) is 273 Å². The highest BCUT2D eigenvalue weighted by molar-refractivity contribution is 6.12. The molecule has 3 heteroatoms. The highest BCUT2D eigenvalue weighted by Gasteiger charge is 2.52. The number of benzene rings is 11. The van der Waals surface area contributed by atoms with E-state index in [0.717, 1.165) is 50.3 Å². The minimum Gasteiger partial charge on any atom is -0.310 e. The van der Waals surface area contributed by atoms with E-state index in [9.17, 15) is 0 Å². The van der Waals surface area contributed by atoms with Gasteiger partial charge in [-0.3, -0.25) is 4.98 Å². The second-order valence-electron chi connectivity index (χ2n) is 19.4. The predicted molar refractivity (Wildman–Crippen MR) is 303 cm³/mol. The van der Waals surface area contributed by atoms with Crippen molar-refractivity contribution in [2.45, 2.75) is 5.41 Å². The van der Waals surface area contributed by atoms with Crippen LogP contribution in [0, 0.1) is 0 Å². The molecule has 2 aliphatic carbocycles. The van der Waals surface area contributed by atoms with E-state index in [1.165, 1.54) is 83.1 Å². The van der Waals surface area contributed by atoms with E-state index >= 15 is 0 Å². The summed E-state index contributed by atoms with van der Waals surface area (Å²) in [4.78, 5) is 7.28. The molecule has 2 aromatic heterocycles. The van der Waals surface area contributed by atoms with Gasteiger partial charge < -0.3 is 9.47 Å². The molecule has 2 heterocycles. The molecule has 0 N–H and O–H groups in total. The van der Waals surface area contributed by atoms with Crippen LogP contribution in [-0.2, 0) is 5.41 Å². The summed E-state index contributed by atoms with van der Waals surface area (Å²) < 4.78 is 2.51. The maximum absolute atomic E-state index is 4.87. The molecular formula is C70H45N3. The topological polar surface area (TPSA) is 21.1 Å². The van der Waals surface area contributed by atoms with Gasteiger partial charge in [-0.2, -0.15) is 0 Å². The lowest BCUT2D eigenvalue weighted by Crippen LogP contribution is -2.26. The quantitative estimate of drug-likeness (QED) is 0.159. The summed E-state index contributed by atoms with van der Waals surface area (Å²) in [6.07, 6.45) is 1.90. The third-order valence-corrected chi connectivity index (χ3v) is 15.6. The SMILES string of the molecule is c1ccc(-c2ccc(N(c3ccccc3)c3ccc4c(c3)C3(c5ccccc5-c5ccccc53)c3cc(-n5c6ccc(-c7cccc8cccnc78)cc6c6ccc(-c7ccccc7)cc65)ccc3-4)cc2)cc1. The van der Waals surface area contributed by atoms with Crippen LogP contribution in [0.25, 0.3) is 94.0 Å². The smallest absolute Gasteiger partial charge is 0.0780 e. The first kappa shape index (κ1) is 41.2. The largest absolute Gasteiger partial charge is 0.310 e.